The molecule has 35 heavy (non-hydrogen) atoms. The molecule has 2 fully saturated rings. The fourth-order valence-corrected chi connectivity index (χ4v) is 7.62. The van der Waals surface area contributed by atoms with Gasteiger partial charge in [-0.2, -0.15) is 4.31 Å². The third kappa shape index (κ3) is 4.50. The van der Waals surface area contributed by atoms with E-state index in [1.165, 1.54) is 33.8 Å². The molecule has 2 aliphatic heterocycles. The molecule has 0 radical (unpaired) electrons. The van der Waals surface area contributed by atoms with E-state index in [2.05, 4.69) is 30.0 Å². The first kappa shape index (κ1) is 24.0. The number of ether oxygens (including phenoxy) is 1. The second-order valence-corrected chi connectivity index (χ2v) is 11.8. The topological polar surface area (TPSA) is 83.0 Å². The van der Waals surface area contributed by atoms with Crippen LogP contribution in [0.4, 0.5) is 5.13 Å². The van der Waals surface area contributed by atoms with E-state index in [9.17, 15) is 13.2 Å². The Morgan fingerprint density at radius 3 is 2.51 bits per heavy atom. The van der Waals surface area contributed by atoms with Crippen LogP contribution >= 0.6 is 11.3 Å². The molecule has 0 spiro atoms. The average molecular weight is 515 g/mol. The van der Waals surface area contributed by atoms with Crippen molar-refractivity contribution in [3.8, 4) is 5.75 Å². The van der Waals surface area contributed by atoms with Crippen LogP contribution < -0.4 is 9.64 Å². The number of methoxy groups -OCH3 is 1. The monoisotopic (exact) mass is 514 g/mol. The smallest absolute Gasteiger partial charge is 0.243 e. The summed E-state index contributed by atoms with van der Waals surface area (Å²) >= 11 is 1.69. The molecular weight excluding hydrogens is 484 g/mol. The minimum atomic E-state index is -3.76. The highest BCUT2D eigenvalue weighted by molar-refractivity contribution is 7.89. The average Bonchev–Trinajstić information content (AvgIpc) is 3.56. The fraction of sp³-hybridized carbons (Fsp3) is 0.440. The predicted molar refractivity (Wildman–Crippen MR) is 138 cm³/mol. The van der Waals surface area contributed by atoms with Crippen LogP contribution in [0.1, 0.15) is 25.3 Å². The maximum absolute atomic E-state index is 13.4. The minimum Gasteiger partial charge on any atom is -0.497 e. The molecule has 1 aromatic heterocycles. The largest absolute Gasteiger partial charge is 0.497 e. The first-order chi connectivity index (χ1) is 16.9. The number of aryl methyl sites for hydroxylation is 1. The summed E-state index contributed by atoms with van der Waals surface area (Å²) in [5.41, 5.74) is 2.32. The van der Waals surface area contributed by atoms with Crippen LogP contribution in [0.2, 0.25) is 0 Å². The van der Waals surface area contributed by atoms with Crippen molar-refractivity contribution in [3.63, 3.8) is 0 Å². The number of aromatic nitrogens is 1. The Kier molecular flexibility index (Phi) is 6.69. The molecule has 0 aliphatic carbocycles. The lowest BCUT2D eigenvalue weighted by Gasteiger charge is -2.37. The van der Waals surface area contributed by atoms with Gasteiger partial charge in [-0.1, -0.05) is 30.4 Å². The lowest BCUT2D eigenvalue weighted by atomic mass is 10.1. The summed E-state index contributed by atoms with van der Waals surface area (Å²) in [5, 5.41) is 0.984. The Labute approximate surface area is 210 Å². The zero-order valence-corrected chi connectivity index (χ0v) is 21.6. The third-order valence-electron chi connectivity index (χ3n) is 6.89. The van der Waals surface area contributed by atoms with Crippen molar-refractivity contribution in [3.05, 3.63) is 48.0 Å². The molecule has 3 aromatic rings. The number of para-hydroxylation sites is 1. The third-order valence-corrected chi connectivity index (χ3v) is 9.89. The van der Waals surface area contributed by atoms with Crippen molar-refractivity contribution in [2.45, 2.75) is 37.1 Å². The first-order valence-corrected chi connectivity index (χ1v) is 14.3. The van der Waals surface area contributed by atoms with E-state index in [4.69, 9.17) is 9.72 Å². The van der Waals surface area contributed by atoms with Crippen LogP contribution in [0.5, 0.6) is 5.75 Å². The van der Waals surface area contributed by atoms with Crippen LogP contribution in [0.3, 0.4) is 0 Å². The lowest BCUT2D eigenvalue weighted by molar-refractivity contribution is -0.134. The van der Waals surface area contributed by atoms with Gasteiger partial charge in [0.15, 0.2) is 5.13 Å². The van der Waals surface area contributed by atoms with Gasteiger partial charge in [0.2, 0.25) is 15.9 Å². The molecule has 1 unspecified atom stereocenters. The van der Waals surface area contributed by atoms with Gasteiger partial charge in [-0.15, -0.1) is 0 Å². The van der Waals surface area contributed by atoms with Crippen LogP contribution in [-0.4, -0.2) is 74.4 Å². The summed E-state index contributed by atoms with van der Waals surface area (Å²) in [6, 6.07) is 12.0. The highest BCUT2D eigenvalue weighted by atomic mass is 32.2. The zero-order chi connectivity index (χ0) is 24.6. The SMILES string of the molecule is CCc1cccc2sc(N3CCN(C(=O)C4CCCN4S(=O)(=O)c4ccc(OC)cc4)CC3)nc12. The van der Waals surface area contributed by atoms with Crippen molar-refractivity contribution in [2.75, 3.05) is 44.7 Å². The summed E-state index contributed by atoms with van der Waals surface area (Å²) in [6.07, 6.45) is 2.17. The van der Waals surface area contributed by atoms with E-state index in [0.717, 1.165) is 17.1 Å². The number of nitrogens with zero attached hydrogens (tertiary/aromatic N) is 4. The van der Waals surface area contributed by atoms with Crippen molar-refractivity contribution < 1.29 is 17.9 Å². The summed E-state index contributed by atoms with van der Waals surface area (Å²) in [5.74, 6) is 0.492. The summed E-state index contributed by atoms with van der Waals surface area (Å²) in [7, 11) is -2.22. The van der Waals surface area contributed by atoms with Gasteiger partial charge in [0.1, 0.15) is 11.8 Å². The van der Waals surface area contributed by atoms with Crippen LogP contribution in [0, 0.1) is 0 Å². The van der Waals surface area contributed by atoms with Gasteiger partial charge in [-0.3, -0.25) is 4.79 Å². The molecule has 1 amide bonds. The number of benzene rings is 2. The predicted octanol–water partition coefficient (Wildman–Crippen LogP) is 3.37. The second-order valence-electron chi connectivity index (χ2n) is 8.88. The van der Waals surface area contributed by atoms with Gasteiger partial charge in [0, 0.05) is 32.7 Å². The number of anilines is 1. The van der Waals surface area contributed by atoms with Gasteiger partial charge >= 0.3 is 0 Å². The van der Waals surface area contributed by atoms with Crippen molar-refractivity contribution >= 4 is 42.6 Å². The van der Waals surface area contributed by atoms with Crippen molar-refractivity contribution in [1.29, 1.82) is 0 Å². The minimum absolute atomic E-state index is 0.100. The van der Waals surface area contributed by atoms with Gasteiger partial charge < -0.3 is 14.5 Å². The van der Waals surface area contributed by atoms with Crippen LogP contribution in [0.15, 0.2) is 47.4 Å². The first-order valence-electron chi connectivity index (χ1n) is 12.0. The number of carbonyl (C=O) groups is 1. The standard InChI is InChI=1S/C25H30N4O4S2/c1-3-18-6-4-8-22-23(18)26-25(34-22)28-16-14-27(15-17-28)24(30)21-7-5-13-29(21)35(31,32)20-11-9-19(33-2)10-12-20/h4,6,8-12,21H,3,5,7,13-17H2,1-2H3. The zero-order valence-electron chi connectivity index (χ0n) is 20.0. The Balaban J connectivity index is 1.27. The molecule has 1 atom stereocenters. The molecule has 0 saturated carbocycles. The molecule has 2 saturated heterocycles. The Morgan fingerprint density at radius 1 is 1.09 bits per heavy atom. The van der Waals surface area contributed by atoms with E-state index >= 15 is 0 Å². The number of thiazole rings is 1. The number of amides is 1. The number of sulfonamides is 1. The highest BCUT2D eigenvalue weighted by Crippen LogP contribution is 2.32. The highest BCUT2D eigenvalue weighted by Gasteiger charge is 2.41. The van der Waals surface area contributed by atoms with Crippen LogP contribution in [-0.2, 0) is 21.2 Å². The molecule has 5 rings (SSSR count). The number of hydrogen-bond acceptors (Lipinski definition) is 7. The number of fused-ring (bicyclic) bond motifs is 1. The summed E-state index contributed by atoms with van der Waals surface area (Å²) < 4.78 is 34.3. The van der Waals surface area contributed by atoms with Crippen molar-refractivity contribution in [1.82, 2.24) is 14.2 Å². The molecule has 0 N–H and O–H groups in total. The van der Waals surface area contributed by atoms with Gasteiger partial charge in [-0.05, 0) is 55.2 Å². The maximum Gasteiger partial charge on any atom is 0.243 e. The van der Waals surface area contributed by atoms with Gasteiger partial charge in [-0.25, -0.2) is 13.4 Å². The molecular formula is C25H30N4O4S2. The molecule has 10 heteroatoms. The normalized spacial score (nSPS) is 19.4. The van der Waals surface area contributed by atoms with E-state index < -0.39 is 16.1 Å². The Morgan fingerprint density at radius 2 is 1.83 bits per heavy atom. The molecule has 186 valence electrons. The van der Waals surface area contributed by atoms with Crippen LogP contribution in [0.25, 0.3) is 10.2 Å². The fourth-order valence-electron chi connectivity index (χ4n) is 4.90. The van der Waals surface area contributed by atoms with Gasteiger partial charge in [0.05, 0.1) is 22.2 Å². The van der Waals surface area contributed by atoms with Gasteiger partial charge in [0.25, 0.3) is 0 Å². The molecule has 0 bridgehead atoms. The number of rotatable bonds is 6. The number of hydrogen-bond donors (Lipinski definition) is 0. The number of piperazine rings is 1. The van der Waals surface area contributed by atoms with E-state index in [-0.39, 0.29) is 10.8 Å². The second kappa shape index (κ2) is 9.75. The molecule has 3 heterocycles. The molecule has 8 nitrogen and oxygen atoms in total. The number of carbonyl (C=O) groups excluding carboxylic acids is 1. The maximum atomic E-state index is 13.4. The van der Waals surface area contributed by atoms with E-state index in [1.54, 1.807) is 23.5 Å². The lowest BCUT2D eigenvalue weighted by Crippen LogP contribution is -2.54. The Hall–Kier alpha value is -2.69. The Bertz CT molecular complexity index is 1310. The molecule has 2 aliphatic rings. The van der Waals surface area contributed by atoms with Crippen molar-refractivity contribution in [2.24, 2.45) is 0 Å². The van der Waals surface area contributed by atoms with E-state index in [1.807, 2.05) is 4.90 Å². The van der Waals surface area contributed by atoms with E-state index in [0.29, 0.717) is 51.3 Å². The quantitative estimate of drug-likeness (QED) is 0.502. The summed E-state index contributed by atoms with van der Waals surface area (Å²) in [6.45, 7) is 4.98. The summed E-state index contributed by atoms with van der Waals surface area (Å²) in [4.78, 5) is 22.5. The molecule has 2 aromatic carbocycles.